The standard InChI is InChI=1S/C19H18Cl2N2O3/c1-12-3-5-14(6-4-12)7-10-18(24)22-23-19(25)13(2)26-17-9-8-15(20)11-16(17)21/h3-11,13H,1-2H3,(H,22,24)(H,23,25)/b10-7+. The van der Waals surface area contributed by atoms with E-state index in [0.717, 1.165) is 11.1 Å². The molecule has 2 rings (SSSR count). The van der Waals surface area contributed by atoms with Crippen molar-refractivity contribution in [2.24, 2.45) is 0 Å². The van der Waals surface area contributed by atoms with Crippen molar-refractivity contribution >= 4 is 41.1 Å². The average Bonchev–Trinajstić information content (AvgIpc) is 2.61. The predicted octanol–water partition coefficient (Wildman–Crippen LogP) is 3.93. The summed E-state index contributed by atoms with van der Waals surface area (Å²) >= 11 is 11.8. The Kier molecular flexibility index (Phi) is 7.06. The van der Waals surface area contributed by atoms with Gasteiger partial charge in [0.25, 0.3) is 11.8 Å². The normalized spacial score (nSPS) is 11.8. The van der Waals surface area contributed by atoms with Crippen molar-refractivity contribution in [2.45, 2.75) is 20.0 Å². The highest BCUT2D eigenvalue weighted by Crippen LogP contribution is 2.28. The van der Waals surface area contributed by atoms with Crippen LogP contribution in [0, 0.1) is 6.92 Å². The summed E-state index contributed by atoms with van der Waals surface area (Å²) in [7, 11) is 0. The Hall–Kier alpha value is -2.50. The summed E-state index contributed by atoms with van der Waals surface area (Å²) in [5, 5.41) is 0.759. The lowest BCUT2D eigenvalue weighted by atomic mass is 10.1. The quantitative estimate of drug-likeness (QED) is 0.598. The summed E-state index contributed by atoms with van der Waals surface area (Å²) in [6.45, 7) is 3.52. The van der Waals surface area contributed by atoms with Gasteiger partial charge in [-0.3, -0.25) is 20.4 Å². The molecule has 5 nitrogen and oxygen atoms in total. The summed E-state index contributed by atoms with van der Waals surface area (Å²) in [5.74, 6) is -0.659. The molecule has 2 aromatic rings. The molecule has 26 heavy (non-hydrogen) atoms. The van der Waals surface area contributed by atoms with Gasteiger partial charge in [0.2, 0.25) is 0 Å². The summed E-state index contributed by atoms with van der Waals surface area (Å²) in [4.78, 5) is 23.8. The number of aryl methyl sites for hydroxylation is 1. The monoisotopic (exact) mass is 392 g/mol. The van der Waals surface area contributed by atoms with Crippen LogP contribution in [0.2, 0.25) is 10.0 Å². The first-order valence-corrected chi connectivity index (χ1v) is 8.57. The lowest BCUT2D eigenvalue weighted by Gasteiger charge is -2.15. The van der Waals surface area contributed by atoms with Crippen molar-refractivity contribution < 1.29 is 14.3 Å². The highest BCUT2D eigenvalue weighted by Gasteiger charge is 2.16. The second-order valence-electron chi connectivity index (χ2n) is 5.56. The van der Waals surface area contributed by atoms with E-state index in [1.54, 1.807) is 18.2 Å². The van der Waals surface area contributed by atoms with Gasteiger partial charge in [0.15, 0.2) is 6.10 Å². The molecule has 7 heteroatoms. The Morgan fingerprint density at radius 3 is 2.42 bits per heavy atom. The molecule has 2 amide bonds. The van der Waals surface area contributed by atoms with Gasteiger partial charge in [-0.2, -0.15) is 0 Å². The number of halogens is 2. The first-order valence-electron chi connectivity index (χ1n) is 7.81. The topological polar surface area (TPSA) is 67.4 Å². The summed E-state index contributed by atoms with van der Waals surface area (Å²) in [5.41, 5.74) is 6.60. The van der Waals surface area contributed by atoms with Crippen LogP contribution in [0.3, 0.4) is 0 Å². The van der Waals surface area contributed by atoms with E-state index in [4.69, 9.17) is 27.9 Å². The van der Waals surface area contributed by atoms with Gasteiger partial charge in [-0.25, -0.2) is 0 Å². The van der Waals surface area contributed by atoms with E-state index in [-0.39, 0.29) is 0 Å². The fraction of sp³-hybridized carbons (Fsp3) is 0.158. The maximum atomic E-state index is 12.0. The van der Waals surface area contributed by atoms with Gasteiger partial charge >= 0.3 is 0 Å². The minimum atomic E-state index is -0.866. The van der Waals surface area contributed by atoms with Crippen molar-refractivity contribution in [2.75, 3.05) is 0 Å². The number of nitrogens with one attached hydrogen (secondary N) is 2. The van der Waals surface area contributed by atoms with E-state index in [1.807, 2.05) is 31.2 Å². The SMILES string of the molecule is Cc1ccc(/C=C/C(=O)NNC(=O)C(C)Oc2ccc(Cl)cc2Cl)cc1. The second kappa shape index (κ2) is 9.27. The van der Waals surface area contributed by atoms with Gasteiger partial charge in [0.05, 0.1) is 5.02 Å². The predicted molar refractivity (Wildman–Crippen MR) is 103 cm³/mol. The number of carbonyl (C=O) groups is 2. The fourth-order valence-electron chi connectivity index (χ4n) is 1.93. The molecular formula is C19H18Cl2N2O3. The molecule has 2 aromatic carbocycles. The van der Waals surface area contributed by atoms with Crippen molar-refractivity contribution in [3.63, 3.8) is 0 Å². The van der Waals surface area contributed by atoms with Crippen LogP contribution in [0.5, 0.6) is 5.75 Å². The van der Waals surface area contributed by atoms with E-state index < -0.39 is 17.9 Å². The largest absolute Gasteiger partial charge is 0.479 e. The minimum absolute atomic E-state index is 0.294. The number of amides is 2. The lowest BCUT2D eigenvalue weighted by molar-refractivity contribution is -0.131. The zero-order chi connectivity index (χ0) is 19.1. The summed E-state index contributed by atoms with van der Waals surface area (Å²) in [6, 6.07) is 12.4. The molecule has 0 heterocycles. The minimum Gasteiger partial charge on any atom is -0.479 e. The van der Waals surface area contributed by atoms with E-state index in [2.05, 4.69) is 10.9 Å². The van der Waals surface area contributed by atoms with Crippen molar-refractivity contribution in [3.05, 3.63) is 69.7 Å². The molecule has 1 unspecified atom stereocenters. The van der Waals surface area contributed by atoms with Crippen LogP contribution >= 0.6 is 23.2 Å². The van der Waals surface area contributed by atoms with Gasteiger partial charge in [-0.15, -0.1) is 0 Å². The molecule has 0 fully saturated rings. The van der Waals surface area contributed by atoms with Crippen molar-refractivity contribution in [1.82, 2.24) is 10.9 Å². The van der Waals surface area contributed by atoms with Crippen LogP contribution < -0.4 is 15.6 Å². The highest BCUT2D eigenvalue weighted by atomic mass is 35.5. The highest BCUT2D eigenvalue weighted by molar-refractivity contribution is 6.35. The van der Waals surface area contributed by atoms with Gasteiger partial charge in [0, 0.05) is 11.1 Å². The fourth-order valence-corrected chi connectivity index (χ4v) is 2.38. The molecule has 0 saturated heterocycles. The van der Waals surface area contributed by atoms with Crippen LogP contribution in [0.1, 0.15) is 18.1 Å². The number of rotatable bonds is 5. The molecule has 0 spiro atoms. The lowest BCUT2D eigenvalue weighted by Crippen LogP contribution is -2.46. The molecule has 1 atom stereocenters. The maximum absolute atomic E-state index is 12.0. The third-order valence-electron chi connectivity index (χ3n) is 3.38. The van der Waals surface area contributed by atoms with Gasteiger partial charge in [-0.1, -0.05) is 53.0 Å². The van der Waals surface area contributed by atoms with E-state index in [0.29, 0.717) is 15.8 Å². The number of hydrogen-bond donors (Lipinski definition) is 2. The van der Waals surface area contributed by atoms with E-state index >= 15 is 0 Å². The number of hydrazine groups is 1. The molecule has 0 aliphatic heterocycles. The van der Waals surface area contributed by atoms with Crippen LogP contribution in [0.25, 0.3) is 6.08 Å². The van der Waals surface area contributed by atoms with Gasteiger partial charge < -0.3 is 4.74 Å². The molecule has 0 bridgehead atoms. The molecule has 0 saturated carbocycles. The first kappa shape index (κ1) is 19.8. The third kappa shape index (κ3) is 6.10. The number of carbonyl (C=O) groups excluding carboxylic acids is 2. The van der Waals surface area contributed by atoms with Crippen LogP contribution in [0.15, 0.2) is 48.5 Å². The van der Waals surface area contributed by atoms with Crippen LogP contribution in [-0.4, -0.2) is 17.9 Å². The molecule has 0 aliphatic rings. The van der Waals surface area contributed by atoms with Gasteiger partial charge in [0.1, 0.15) is 5.75 Å². The third-order valence-corrected chi connectivity index (χ3v) is 3.91. The van der Waals surface area contributed by atoms with Crippen molar-refractivity contribution in [3.8, 4) is 5.75 Å². The van der Waals surface area contributed by atoms with E-state index in [9.17, 15) is 9.59 Å². The average molecular weight is 393 g/mol. The number of hydrogen-bond acceptors (Lipinski definition) is 3. The zero-order valence-electron chi connectivity index (χ0n) is 14.3. The Labute approximate surface area is 161 Å². The Morgan fingerprint density at radius 2 is 1.77 bits per heavy atom. The first-order chi connectivity index (χ1) is 12.3. The van der Waals surface area contributed by atoms with Crippen LogP contribution in [0.4, 0.5) is 0 Å². The number of benzene rings is 2. The second-order valence-corrected chi connectivity index (χ2v) is 6.40. The van der Waals surface area contributed by atoms with E-state index in [1.165, 1.54) is 19.1 Å². The Morgan fingerprint density at radius 1 is 1.08 bits per heavy atom. The molecule has 0 aromatic heterocycles. The Bertz CT molecular complexity index is 820. The smallest absolute Gasteiger partial charge is 0.279 e. The Balaban J connectivity index is 1.83. The number of ether oxygens (including phenoxy) is 1. The molecule has 0 radical (unpaired) electrons. The van der Waals surface area contributed by atoms with Crippen molar-refractivity contribution in [1.29, 1.82) is 0 Å². The molecule has 2 N–H and O–H groups in total. The zero-order valence-corrected chi connectivity index (χ0v) is 15.8. The maximum Gasteiger partial charge on any atom is 0.279 e. The molecule has 0 aliphatic carbocycles. The molecule has 136 valence electrons. The summed E-state index contributed by atoms with van der Waals surface area (Å²) in [6.07, 6.45) is 2.11. The summed E-state index contributed by atoms with van der Waals surface area (Å²) < 4.78 is 5.46. The molecular weight excluding hydrogens is 375 g/mol. The van der Waals surface area contributed by atoms with Gasteiger partial charge in [-0.05, 0) is 43.7 Å². The van der Waals surface area contributed by atoms with Crippen LogP contribution in [-0.2, 0) is 9.59 Å².